The molecule has 1 saturated heterocycles. The van der Waals surface area contributed by atoms with Crippen LogP contribution in [0.25, 0.3) is 0 Å². The predicted octanol–water partition coefficient (Wildman–Crippen LogP) is -0.469. The number of nitrogens with two attached hydrogens (primary N) is 2. The van der Waals surface area contributed by atoms with Gasteiger partial charge >= 0.3 is 0 Å². The Balaban J connectivity index is 2.16. The van der Waals surface area contributed by atoms with Gasteiger partial charge in [-0.2, -0.15) is 0 Å². The molecule has 0 aromatic rings. The lowest BCUT2D eigenvalue weighted by atomic mass is 10.2. The minimum absolute atomic E-state index is 0.396. The Labute approximate surface area is 79.3 Å². The van der Waals surface area contributed by atoms with Crippen LogP contribution in [-0.2, 0) is 4.79 Å². The summed E-state index contributed by atoms with van der Waals surface area (Å²) in [4.78, 5) is 13.0. The first-order chi connectivity index (χ1) is 6.09. The van der Waals surface area contributed by atoms with Crippen molar-refractivity contribution in [1.29, 1.82) is 0 Å². The Morgan fingerprint density at radius 3 is 2.85 bits per heavy atom. The number of amides is 1. The van der Waals surface area contributed by atoms with Crippen molar-refractivity contribution >= 4 is 5.91 Å². The van der Waals surface area contributed by atoms with Crippen molar-refractivity contribution in [3.8, 4) is 0 Å². The third-order valence-corrected chi connectivity index (χ3v) is 2.63. The molecule has 76 valence electrons. The normalized spacial score (nSPS) is 26.2. The van der Waals surface area contributed by atoms with Gasteiger partial charge in [-0.05, 0) is 25.3 Å². The Hall–Kier alpha value is -0.610. The monoisotopic (exact) mass is 185 g/mol. The molecule has 2 unspecified atom stereocenters. The number of rotatable bonds is 4. The molecule has 2 atom stereocenters. The highest BCUT2D eigenvalue weighted by Gasteiger charge is 2.19. The van der Waals surface area contributed by atoms with Gasteiger partial charge in [0.25, 0.3) is 0 Å². The number of likely N-dealkylation sites (tertiary alicyclic amines) is 1. The van der Waals surface area contributed by atoms with E-state index >= 15 is 0 Å². The number of hydrogen-bond donors (Lipinski definition) is 2. The van der Waals surface area contributed by atoms with Gasteiger partial charge < -0.3 is 16.4 Å². The van der Waals surface area contributed by atoms with E-state index in [9.17, 15) is 4.79 Å². The molecule has 0 aromatic carbocycles. The molecule has 0 spiro atoms. The molecule has 1 aliphatic rings. The smallest absolute Gasteiger partial charge is 0.234 e. The van der Waals surface area contributed by atoms with E-state index in [1.54, 1.807) is 0 Å². The summed E-state index contributed by atoms with van der Waals surface area (Å²) in [5.74, 6) is 0.386. The minimum Gasteiger partial charge on any atom is -0.368 e. The fraction of sp³-hybridized carbons (Fsp3) is 0.889. The highest BCUT2D eigenvalue weighted by molar-refractivity contribution is 5.79. The second-order valence-corrected chi connectivity index (χ2v) is 3.99. The van der Waals surface area contributed by atoms with Gasteiger partial charge in [-0.3, -0.25) is 4.79 Å². The van der Waals surface area contributed by atoms with Crippen LogP contribution in [-0.4, -0.2) is 36.5 Å². The van der Waals surface area contributed by atoms with Crippen molar-refractivity contribution in [2.75, 3.05) is 19.6 Å². The second kappa shape index (κ2) is 4.58. The van der Waals surface area contributed by atoms with E-state index in [-0.39, 0.29) is 0 Å². The number of carbonyl (C=O) groups is 1. The van der Waals surface area contributed by atoms with E-state index in [0.29, 0.717) is 6.42 Å². The average molecular weight is 185 g/mol. The summed E-state index contributed by atoms with van der Waals surface area (Å²) in [7, 11) is 0. The van der Waals surface area contributed by atoms with Crippen LogP contribution in [0.2, 0.25) is 0 Å². The van der Waals surface area contributed by atoms with Crippen LogP contribution in [0.15, 0.2) is 0 Å². The maximum absolute atomic E-state index is 10.6. The van der Waals surface area contributed by atoms with Gasteiger partial charge in [0.2, 0.25) is 5.91 Å². The molecule has 1 amide bonds. The first-order valence-corrected chi connectivity index (χ1v) is 4.87. The molecule has 1 fully saturated rings. The van der Waals surface area contributed by atoms with Crippen molar-refractivity contribution in [1.82, 2.24) is 4.90 Å². The molecule has 0 aliphatic carbocycles. The first-order valence-electron chi connectivity index (χ1n) is 4.87. The van der Waals surface area contributed by atoms with Gasteiger partial charge in [-0.1, -0.05) is 6.92 Å². The van der Waals surface area contributed by atoms with E-state index in [2.05, 4.69) is 11.8 Å². The van der Waals surface area contributed by atoms with Gasteiger partial charge in [0.1, 0.15) is 0 Å². The van der Waals surface area contributed by atoms with Crippen molar-refractivity contribution in [2.45, 2.75) is 25.8 Å². The maximum atomic E-state index is 10.6. The van der Waals surface area contributed by atoms with Gasteiger partial charge in [-0.15, -0.1) is 0 Å². The van der Waals surface area contributed by atoms with E-state index in [1.807, 2.05) is 0 Å². The molecule has 0 bridgehead atoms. The molecule has 13 heavy (non-hydrogen) atoms. The molecule has 1 heterocycles. The van der Waals surface area contributed by atoms with Crippen LogP contribution in [0.3, 0.4) is 0 Å². The lowest BCUT2D eigenvalue weighted by molar-refractivity contribution is -0.119. The molecule has 1 rings (SSSR count). The fourth-order valence-electron chi connectivity index (χ4n) is 1.69. The Morgan fingerprint density at radius 1 is 1.69 bits per heavy atom. The van der Waals surface area contributed by atoms with Crippen LogP contribution in [0.1, 0.15) is 19.8 Å². The molecule has 0 aromatic heterocycles. The average Bonchev–Trinajstić information content (AvgIpc) is 2.47. The van der Waals surface area contributed by atoms with Crippen LogP contribution in [0, 0.1) is 5.92 Å². The summed E-state index contributed by atoms with van der Waals surface area (Å²) >= 11 is 0. The summed E-state index contributed by atoms with van der Waals surface area (Å²) < 4.78 is 0. The summed E-state index contributed by atoms with van der Waals surface area (Å²) in [6, 6.07) is -0.476. The minimum atomic E-state index is -0.476. The topological polar surface area (TPSA) is 72.3 Å². The van der Waals surface area contributed by atoms with Crippen molar-refractivity contribution in [2.24, 2.45) is 17.4 Å². The zero-order valence-electron chi connectivity index (χ0n) is 8.20. The molecule has 1 aliphatic heterocycles. The zero-order chi connectivity index (χ0) is 9.84. The number of carbonyl (C=O) groups excluding carboxylic acids is 1. The van der Waals surface area contributed by atoms with Crippen molar-refractivity contribution in [3.63, 3.8) is 0 Å². The third kappa shape index (κ3) is 3.32. The van der Waals surface area contributed by atoms with Gasteiger partial charge in [0.05, 0.1) is 6.04 Å². The summed E-state index contributed by atoms with van der Waals surface area (Å²) in [6.45, 7) is 5.40. The van der Waals surface area contributed by atoms with Crippen molar-refractivity contribution in [3.05, 3.63) is 0 Å². The molecular weight excluding hydrogens is 166 g/mol. The zero-order valence-corrected chi connectivity index (χ0v) is 8.20. The maximum Gasteiger partial charge on any atom is 0.234 e. The highest BCUT2D eigenvalue weighted by Crippen LogP contribution is 2.14. The lowest BCUT2D eigenvalue weighted by Crippen LogP contribution is -2.39. The summed E-state index contributed by atoms with van der Waals surface area (Å²) in [5, 5.41) is 0. The summed E-state index contributed by atoms with van der Waals surface area (Å²) in [5.41, 5.74) is 10.6. The number of primary amides is 1. The lowest BCUT2D eigenvalue weighted by Gasteiger charge is -2.16. The Bertz CT molecular complexity index is 184. The highest BCUT2D eigenvalue weighted by atomic mass is 16.1. The van der Waals surface area contributed by atoms with E-state index in [0.717, 1.165) is 25.6 Å². The number of nitrogens with zero attached hydrogens (tertiary/aromatic N) is 1. The molecule has 0 radical (unpaired) electrons. The van der Waals surface area contributed by atoms with Gasteiger partial charge in [-0.25, -0.2) is 0 Å². The quantitative estimate of drug-likeness (QED) is 0.622. The molecule has 4 heteroatoms. The molecule has 4 N–H and O–H groups in total. The van der Waals surface area contributed by atoms with Crippen LogP contribution >= 0.6 is 0 Å². The predicted molar refractivity (Wildman–Crippen MR) is 52.0 cm³/mol. The Morgan fingerprint density at radius 2 is 2.38 bits per heavy atom. The molecule has 0 saturated carbocycles. The largest absolute Gasteiger partial charge is 0.368 e. The third-order valence-electron chi connectivity index (χ3n) is 2.63. The van der Waals surface area contributed by atoms with E-state index in [4.69, 9.17) is 11.5 Å². The Kier molecular flexibility index (Phi) is 3.69. The summed E-state index contributed by atoms with van der Waals surface area (Å²) in [6.07, 6.45) is 1.94. The fourth-order valence-corrected chi connectivity index (χ4v) is 1.69. The second-order valence-electron chi connectivity index (χ2n) is 3.99. The van der Waals surface area contributed by atoms with Crippen LogP contribution < -0.4 is 11.5 Å². The standard InChI is InChI=1S/C9H19N3O/c1-7-2-4-12(6-7)5-3-8(10)9(11)13/h7-8H,2-6,10H2,1H3,(H2,11,13). The van der Waals surface area contributed by atoms with Gasteiger partial charge in [0.15, 0.2) is 0 Å². The van der Waals surface area contributed by atoms with E-state index < -0.39 is 11.9 Å². The van der Waals surface area contributed by atoms with Gasteiger partial charge in [0, 0.05) is 13.1 Å². The van der Waals surface area contributed by atoms with Crippen molar-refractivity contribution < 1.29 is 4.79 Å². The van der Waals surface area contributed by atoms with E-state index in [1.165, 1.54) is 6.42 Å². The van der Waals surface area contributed by atoms with Crippen LogP contribution in [0.5, 0.6) is 0 Å². The molecule has 4 nitrogen and oxygen atoms in total. The van der Waals surface area contributed by atoms with Crippen LogP contribution in [0.4, 0.5) is 0 Å². The SMILES string of the molecule is CC1CCN(CCC(N)C(N)=O)C1. The first kappa shape index (κ1) is 10.5. The number of hydrogen-bond acceptors (Lipinski definition) is 3. The molecular formula is C9H19N3O.